The van der Waals surface area contributed by atoms with Crippen LogP contribution in [0.4, 0.5) is 4.39 Å². The third-order valence-electron chi connectivity index (χ3n) is 2.36. The summed E-state index contributed by atoms with van der Waals surface area (Å²) in [6.07, 6.45) is 0.594. The van der Waals surface area contributed by atoms with Crippen LogP contribution in [-0.4, -0.2) is 6.54 Å². The summed E-state index contributed by atoms with van der Waals surface area (Å²) in [4.78, 5) is 0. The summed E-state index contributed by atoms with van der Waals surface area (Å²) in [6.45, 7) is 0.481. The first-order chi connectivity index (χ1) is 6.83. The van der Waals surface area contributed by atoms with E-state index in [0.717, 1.165) is 5.39 Å². The molecule has 0 aliphatic carbocycles. The molecule has 0 saturated carbocycles. The average Bonchev–Trinajstić information content (AvgIpc) is 2.23. The first-order valence-corrected chi connectivity index (χ1v) is 4.69. The zero-order valence-corrected chi connectivity index (χ0v) is 9.06. The van der Waals surface area contributed by atoms with E-state index in [4.69, 9.17) is 5.73 Å². The molecule has 0 bridgehead atoms. The van der Waals surface area contributed by atoms with Crippen LogP contribution in [0.2, 0.25) is 0 Å². The summed E-state index contributed by atoms with van der Waals surface area (Å²) in [5.74, 6) is -0.131. The second kappa shape index (κ2) is 5.10. The van der Waals surface area contributed by atoms with Crippen molar-refractivity contribution < 1.29 is 4.39 Å². The molecule has 3 heteroatoms. The highest BCUT2D eigenvalue weighted by Crippen LogP contribution is 2.20. The molecule has 0 aromatic heterocycles. The fourth-order valence-electron chi connectivity index (χ4n) is 1.63. The van der Waals surface area contributed by atoms with Crippen LogP contribution in [0.5, 0.6) is 0 Å². The summed E-state index contributed by atoms with van der Waals surface area (Å²) < 4.78 is 13.8. The number of fused-ring (bicyclic) bond motifs is 1. The lowest BCUT2D eigenvalue weighted by Gasteiger charge is -2.04. The highest BCUT2D eigenvalue weighted by atomic mass is 35.5. The van der Waals surface area contributed by atoms with Crippen molar-refractivity contribution in [1.29, 1.82) is 0 Å². The average molecular weight is 226 g/mol. The second-order valence-electron chi connectivity index (χ2n) is 3.30. The van der Waals surface area contributed by atoms with Gasteiger partial charge in [-0.3, -0.25) is 0 Å². The van der Waals surface area contributed by atoms with Crippen molar-refractivity contribution in [1.82, 2.24) is 0 Å². The third kappa shape index (κ3) is 2.28. The summed E-state index contributed by atoms with van der Waals surface area (Å²) in [7, 11) is 0. The number of halogens is 2. The van der Waals surface area contributed by atoms with Gasteiger partial charge in [0.2, 0.25) is 0 Å². The van der Waals surface area contributed by atoms with E-state index in [0.29, 0.717) is 23.9 Å². The Bertz CT molecular complexity index is 456. The van der Waals surface area contributed by atoms with E-state index in [1.807, 2.05) is 30.3 Å². The van der Waals surface area contributed by atoms with Crippen molar-refractivity contribution in [3.05, 3.63) is 47.8 Å². The Morgan fingerprint density at radius 2 is 1.80 bits per heavy atom. The first-order valence-electron chi connectivity index (χ1n) is 4.69. The minimum atomic E-state index is -0.131. The van der Waals surface area contributed by atoms with Gasteiger partial charge in [-0.05, 0) is 23.9 Å². The van der Waals surface area contributed by atoms with Crippen LogP contribution in [-0.2, 0) is 6.42 Å². The van der Waals surface area contributed by atoms with Crippen molar-refractivity contribution in [2.24, 2.45) is 5.73 Å². The molecule has 1 nitrogen and oxygen atoms in total. The Kier molecular flexibility index (Phi) is 4.06. The van der Waals surface area contributed by atoms with Gasteiger partial charge in [0.25, 0.3) is 0 Å². The molecule has 0 aliphatic rings. The lowest BCUT2D eigenvalue weighted by molar-refractivity contribution is 0.621. The molecule has 0 aliphatic heterocycles. The molecule has 0 amide bonds. The van der Waals surface area contributed by atoms with E-state index in [-0.39, 0.29) is 18.2 Å². The molecular weight excluding hydrogens is 213 g/mol. The van der Waals surface area contributed by atoms with Gasteiger partial charge in [0.15, 0.2) is 0 Å². The van der Waals surface area contributed by atoms with Crippen molar-refractivity contribution in [3.63, 3.8) is 0 Å². The molecule has 0 radical (unpaired) electrons. The smallest absolute Gasteiger partial charge is 0.134 e. The van der Waals surface area contributed by atoms with Gasteiger partial charge in [0, 0.05) is 5.39 Å². The number of hydrogen-bond donors (Lipinski definition) is 1. The number of nitrogens with two attached hydrogens (primary N) is 1. The SMILES string of the molecule is Cl.NCCc1ccc2ccccc2c1F. The number of rotatable bonds is 2. The van der Waals surface area contributed by atoms with E-state index in [1.165, 1.54) is 0 Å². The largest absolute Gasteiger partial charge is 0.330 e. The Balaban J connectivity index is 0.00000112. The minimum Gasteiger partial charge on any atom is -0.330 e. The predicted molar refractivity (Wildman–Crippen MR) is 63.9 cm³/mol. The maximum Gasteiger partial charge on any atom is 0.134 e. The van der Waals surface area contributed by atoms with Crippen molar-refractivity contribution in [3.8, 4) is 0 Å². The molecule has 80 valence electrons. The zero-order chi connectivity index (χ0) is 9.97. The molecule has 0 fully saturated rings. The van der Waals surface area contributed by atoms with E-state index < -0.39 is 0 Å². The highest BCUT2D eigenvalue weighted by Gasteiger charge is 2.05. The first kappa shape index (κ1) is 12.0. The lowest BCUT2D eigenvalue weighted by atomic mass is 10.0. The molecule has 0 spiro atoms. The fourth-order valence-corrected chi connectivity index (χ4v) is 1.63. The molecule has 2 aromatic rings. The van der Waals surface area contributed by atoms with Crippen LogP contribution < -0.4 is 5.73 Å². The van der Waals surface area contributed by atoms with Crippen LogP contribution >= 0.6 is 12.4 Å². The molecule has 2 N–H and O–H groups in total. The van der Waals surface area contributed by atoms with Gasteiger partial charge < -0.3 is 5.73 Å². The van der Waals surface area contributed by atoms with E-state index in [9.17, 15) is 4.39 Å². The molecule has 0 saturated heterocycles. The van der Waals surface area contributed by atoms with E-state index in [1.54, 1.807) is 6.07 Å². The molecule has 0 atom stereocenters. The van der Waals surface area contributed by atoms with Crippen molar-refractivity contribution in [2.45, 2.75) is 6.42 Å². The molecule has 2 aromatic carbocycles. The monoisotopic (exact) mass is 225 g/mol. The molecule has 15 heavy (non-hydrogen) atoms. The van der Waals surface area contributed by atoms with Gasteiger partial charge >= 0.3 is 0 Å². The zero-order valence-electron chi connectivity index (χ0n) is 8.24. The van der Waals surface area contributed by atoms with Gasteiger partial charge in [0.05, 0.1) is 0 Å². The Labute approximate surface area is 94.5 Å². The Morgan fingerprint density at radius 3 is 2.53 bits per heavy atom. The minimum absolute atomic E-state index is 0. The summed E-state index contributed by atoms with van der Waals surface area (Å²) >= 11 is 0. The summed E-state index contributed by atoms with van der Waals surface area (Å²) in [5, 5.41) is 1.62. The molecule has 0 unspecified atom stereocenters. The van der Waals surface area contributed by atoms with Crippen LogP contribution in [0, 0.1) is 5.82 Å². The summed E-state index contributed by atoms with van der Waals surface area (Å²) in [6, 6.07) is 11.2. The van der Waals surface area contributed by atoms with Crippen LogP contribution in [0.1, 0.15) is 5.56 Å². The molecule has 0 heterocycles. The Hall–Kier alpha value is -1.12. The second-order valence-corrected chi connectivity index (χ2v) is 3.30. The van der Waals surface area contributed by atoms with Crippen LogP contribution in [0.3, 0.4) is 0 Å². The fraction of sp³-hybridized carbons (Fsp3) is 0.167. The van der Waals surface area contributed by atoms with Gasteiger partial charge in [-0.2, -0.15) is 0 Å². The lowest BCUT2D eigenvalue weighted by Crippen LogP contribution is -2.04. The van der Waals surface area contributed by atoms with Gasteiger partial charge in [-0.25, -0.2) is 4.39 Å². The maximum atomic E-state index is 13.8. The maximum absolute atomic E-state index is 13.8. The standard InChI is InChI=1S/C12H12FN.ClH/c13-12-10(7-8-14)6-5-9-3-1-2-4-11(9)12;/h1-6H,7-8,14H2;1H. The highest BCUT2D eigenvalue weighted by molar-refractivity contribution is 5.85. The van der Waals surface area contributed by atoms with Crippen molar-refractivity contribution >= 4 is 23.2 Å². The molecular formula is C12H13ClFN. The number of hydrogen-bond acceptors (Lipinski definition) is 1. The quantitative estimate of drug-likeness (QED) is 0.836. The van der Waals surface area contributed by atoms with Gasteiger partial charge in [0.1, 0.15) is 5.82 Å². The normalized spacial score (nSPS) is 10.0. The van der Waals surface area contributed by atoms with E-state index in [2.05, 4.69) is 0 Å². The van der Waals surface area contributed by atoms with Crippen LogP contribution in [0.25, 0.3) is 10.8 Å². The number of benzene rings is 2. The van der Waals surface area contributed by atoms with E-state index >= 15 is 0 Å². The topological polar surface area (TPSA) is 26.0 Å². The van der Waals surface area contributed by atoms with Gasteiger partial charge in [-0.15, -0.1) is 12.4 Å². The van der Waals surface area contributed by atoms with Gasteiger partial charge in [-0.1, -0.05) is 36.4 Å². The Morgan fingerprint density at radius 1 is 1.07 bits per heavy atom. The summed E-state index contributed by atoms with van der Waals surface area (Å²) in [5.41, 5.74) is 6.11. The molecule has 2 rings (SSSR count). The third-order valence-corrected chi connectivity index (χ3v) is 2.36. The van der Waals surface area contributed by atoms with Crippen molar-refractivity contribution in [2.75, 3.05) is 6.54 Å². The van der Waals surface area contributed by atoms with Crippen LogP contribution in [0.15, 0.2) is 36.4 Å². The predicted octanol–water partition coefficient (Wildman–Crippen LogP) is 2.90.